The molecule has 0 radical (unpaired) electrons. The first kappa shape index (κ1) is 20.0. The lowest BCUT2D eigenvalue weighted by atomic mass is 9.71. The Kier molecular flexibility index (Phi) is 5.35. The molecule has 0 heterocycles. The van der Waals surface area contributed by atoms with E-state index >= 15 is 0 Å². The van der Waals surface area contributed by atoms with E-state index in [4.69, 9.17) is 0 Å². The zero-order valence-corrected chi connectivity index (χ0v) is 17.7. The van der Waals surface area contributed by atoms with Gasteiger partial charge in [-0.2, -0.15) is 0 Å². The molecule has 0 spiro atoms. The Hall–Kier alpha value is -2.94. The number of aliphatic hydroxyl groups excluding tert-OH is 2. The molecule has 4 aromatic carbocycles. The standard InChI is InChI=1S/C29H28O2/c30-18-6-16-29(17-7-19-31)27-13-4-3-11-25(27)26-15-14-22(20-28(26)29)24-12-5-9-21-8-1-2-10-23(21)24/h1-5,8-15,20,30-31H,6-7,16-19H2. The summed E-state index contributed by atoms with van der Waals surface area (Å²) in [5, 5.41) is 21.8. The summed E-state index contributed by atoms with van der Waals surface area (Å²) in [6, 6.07) is 30.6. The molecule has 0 aromatic heterocycles. The van der Waals surface area contributed by atoms with Crippen LogP contribution < -0.4 is 0 Å². The predicted octanol–water partition coefficient (Wildman–Crippen LogP) is 6.32. The maximum atomic E-state index is 9.66. The van der Waals surface area contributed by atoms with Crippen molar-refractivity contribution in [1.82, 2.24) is 0 Å². The Labute approximate surface area is 183 Å². The zero-order valence-electron chi connectivity index (χ0n) is 17.7. The summed E-state index contributed by atoms with van der Waals surface area (Å²) < 4.78 is 0. The van der Waals surface area contributed by atoms with E-state index in [-0.39, 0.29) is 18.6 Å². The van der Waals surface area contributed by atoms with Gasteiger partial charge in [-0.05, 0) is 75.9 Å². The van der Waals surface area contributed by atoms with Crippen molar-refractivity contribution in [3.63, 3.8) is 0 Å². The zero-order chi connectivity index (χ0) is 21.3. The molecule has 5 rings (SSSR count). The van der Waals surface area contributed by atoms with E-state index in [0.717, 1.165) is 25.7 Å². The van der Waals surface area contributed by atoms with Gasteiger partial charge in [0.25, 0.3) is 0 Å². The van der Waals surface area contributed by atoms with E-state index < -0.39 is 0 Å². The van der Waals surface area contributed by atoms with Gasteiger partial charge >= 0.3 is 0 Å². The third-order valence-corrected chi connectivity index (χ3v) is 6.89. The van der Waals surface area contributed by atoms with Gasteiger partial charge < -0.3 is 10.2 Å². The molecule has 0 saturated carbocycles. The summed E-state index contributed by atoms with van der Waals surface area (Å²) in [7, 11) is 0. The van der Waals surface area contributed by atoms with Crippen molar-refractivity contribution in [2.24, 2.45) is 0 Å². The third kappa shape index (κ3) is 3.27. The average molecular weight is 409 g/mol. The minimum atomic E-state index is -0.169. The SMILES string of the molecule is OCCCC1(CCCO)c2ccccc2-c2ccc(-c3cccc4ccccc34)cc21. The van der Waals surface area contributed by atoms with Crippen LogP contribution in [0.5, 0.6) is 0 Å². The molecule has 0 bridgehead atoms. The molecular formula is C29H28O2. The largest absolute Gasteiger partial charge is 0.396 e. The van der Waals surface area contributed by atoms with Gasteiger partial charge in [-0.3, -0.25) is 0 Å². The lowest BCUT2D eigenvalue weighted by molar-refractivity contribution is 0.247. The molecule has 31 heavy (non-hydrogen) atoms. The van der Waals surface area contributed by atoms with Crippen molar-refractivity contribution in [1.29, 1.82) is 0 Å². The number of rotatable bonds is 7. The minimum absolute atomic E-state index is 0.169. The van der Waals surface area contributed by atoms with Crippen molar-refractivity contribution in [2.75, 3.05) is 13.2 Å². The van der Waals surface area contributed by atoms with Crippen LogP contribution in [0.2, 0.25) is 0 Å². The molecule has 0 fully saturated rings. The first-order chi connectivity index (χ1) is 15.3. The van der Waals surface area contributed by atoms with Crippen LogP contribution in [0.25, 0.3) is 33.0 Å². The van der Waals surface area contributed by atoms with E-state index in [1.807, 2.05) is 0 Å². The fourth-order valence-corrected chi connectivity index (χ4v) is 5.53. The highest BCUT2D eigenvalue weighted by Crippen LogP contribution is 2.54. The summed E-state index contributed by atoms with van der Waals surface area (Å²) in [6.45, 7) is 0.364. The number of hydrogen-bond acceptors (Lipinski definition) is 2. The van der Waals surface area contributed by atoms with Crippen LogP contribution in [0.4, 0.5) is 0 Å². The minimum Gasteiger partial charge on any atom is -0.396 e. The van der Waals surface area contributed by atoms with Crippen LogP contribution in [0.1, 0.15) is 36.8 Å². The molecule has 2 heteroatoms. The Bertz CT molecular complexity index is 1210. The van der Waals surface area contributed by atoms with Gasteiger partial charge in [0.2, 0.25) is 0 Å². The molecule has 0 atom stereocenters. The molecule has 0 aliphatic heterocycles. The molecule has 156 valence electrons. The van der Waals surface area contributed by atoms with Crippen LogP contribution >= 0.6 is 0 Å². The van der Waals surface area contributed by atoms with E-state index in [1.54, 1.807) is 0 Å². The van der Waals surface area contributed by atoms with E-state index in [2.05, 4.69) is 84.9 Å². The van der Waals surface area contributed by atoms with Crippen molar-refractivity contribution in [3.05, 3.63) is 96.1 Å². The highest BCUT2D eigenvalue weighted by atomic mass is 16.3. The van der Waals surface area contributed by atoms with Crippen LogP contribution in [0.3, 0.4) is 0 Å². The van der Waals surface area contributed by atoms with Crippen molar-refractivity contribution >= 4 is 10.8 Å². The summed E-state index contributed by atoms with van der Waals surface area (Å²) in [6.07, 6.45) is 3.26. The molecule has 2 nitrogen and oxygen atoms in total. The number of hydrogen-bond donors (Lipinski definition) is 2. The topological polar surface area (TPSA) is 40.5 Å². The molecular weight excluding hydrogens is 380 g/mol. The second-order valence-electron chi connectivity index (χ2n) is 8.57. The van der Waals surface area contributed by atoms with Crippen LogP contribution in [0, 0.1) is 0 Å². The summed E-state index contributed by atoms with van der Waals surface area (Å²) in [4.78, 5) is 0. The van der Waals surface area contributed by atoms with Crippen molar-refractivity contribution < 1.29 is 10.2 Å². The second kappa shape index (κ2) is 8.30. The maximum absolute atomic E-state index is 9.66. The monoisotopic (exact) mass is 408 g/mol. The lowest BCUT2D eigenvalue weighted by Gasteiger charge is -2.32. The molecule has 1 aliphatic rings. The highest BCUT2D eigenvalue weighted by Gasteiger charge is 2.42. The Morgan fingerprint density at radius 3 is 2.03 bits per heavy atom. The van der Waals surface area contributed by atoms with Crippen molar-refractivity contribution in [2.45, 2.75) is 31.1 Å². The average Bonchev–Trinajstić information content (AvgIpc) is 3.10. The molecule has 0 unspecified atom stereocenters. The first-order valence-electron chi connectivity index (χ1n) is 11.2. The fraction of sp³-hybridized carbons (Fsp3) is 0.241. The van der Waals surface area contributed by atoms with Gasteiger partial charge in [-0.25, -0.2) is 0 Å². The molecule has 2 N–H and O–H groups in total. The molecule has 0 amide bonds. The summed E-state index contributed by atoms with van der Waals surface area (Å²) in [5.41, 5.74) is 7.55. The molecule has 1 aliphatic carbocycles. The van der Waals surface area contributed by atoms with Crippen molar-refractivity contribution in [3.8, 4) is 22.3 Å². The van der Waals surface area contributed by atoms with E-state index in [9.17, 15) is 10.2 Å². The van der Waals surface area contributed by atoms with Crippen LogP contribution in [0.15, 0.2) is 84.9 Å². The second-order valence-corrected chi connectivity index (χ2v) is 8.57. The summed E-state index contributed by atoms with van der Waals surface area (Å²) >= 11 is 0. The summed E-state index contributed by atoms with van der Waals surface area (Å²) in [5.74, 6) is 0. The molecule has 0 saturated heterocycles. The van der Waals surface area contributed by atoms with Gasteiger partial charge in [0.15, 0.2) is 0 Å². The number of fused-ring (bicyclic) bond motifs is 4. The lowest BCUT2D eigenvalue weighted by Crippen LogP contribution is -2.26. The fourth-order valence-electron chi connectivity index (χ4n) is 5.53. The number of aliphatic hydroxyl groups is 2. The van der Waals surface area contributed by atoms with Gasteiger partial charge in [0.1, 0.15) is 0 Å². The van der Waals surface area contributed by atoms with Gasteiger partial charge in [-0.1, -0.05) is 78.9 Å². The number of benzene rings is 4. The maximum Gasteiger partial charge on any atom is 0.0431 e. The van der Waals surface area contributed by atoms with Crippen LogP contribution in [-0.2, 0) is 5.41 Å². The Morgan fingerprint density at radius 2 is 1.23 bits per heavy atom. The quantitative estimate of drug-likeness (QED) is 0.376. The van der Waals surface area contributed by atoms with Gasteiger partial charge in [-0.15, -0.1) is 0 Å². The smallest absolute Gasteiger partial charge is 0.0431 e. The van der Waals surface area contributed by atoms with Gasteiger partial charge in [0, 0.05) is 18.6 Å². The Balaban J connectivity index is 1.73. The van der Waals surface area contributed by atoms with E-state index in [1.165, 1.54) is 44.2 Å². The normalized spacial score (nSPS) is 13.9. The van der Waals surface area contributed by atoms with E-state index in [0.29, 0.717) is 0 Å². The molecule has 4 aromatic rings. The Morgan fingerprint density at radius 1 is 0.581 bits per heavy atom. The van der Waals surface area contributed by atoms with Crippen LogP contribution in [-0.4, -0.2) is 23.4 Å². The first-order valence-corrected chi connectivity index (χ1v) is 11.2. The predicted molar refractivity (Wildman–Crippen MR) is 128 cm³/mol. The third-order valence-electron chi connectivity index (χ3n) is 6.89. The highest BCUT2D eigenvalue weighted by molar-refractivity contribution is 5.97. The van der Waals surface area contributed by atoms with Gasteiger partial charge in [0.05, 0.1) is 0 Å².